The van der Waals surface area contributed by atoms with Crippen LogP contribution in [0.5, 0.6) is 0 Å². The van der Waals surface area contributed by atoms with Gasteiger partial charge in [-0.3, -0.25) is 0 Å². The topological polar surface area (TPSA) is 57.5 Å². The quantitative estimate of drug-likeness (QED) is 0.505. The summed E-state index contributed by atoms with van der Waals surface area (Å²) in [6, 6.07) is 0. The van der Waals surface area contributed by atoms with Crippen LogP contribution in [0, 0.1) is 0 Å². The summed E-state index contributed by atoms with van der Waals surface area (Å²) in [5.74, 6) is 0. The fraction of sp³-hybridized carbons (Fsp3) is 0. The smallest absolute Gasteiger partial charge is 0 e. The van der Waals surface area contributed by atoms with E-state index in [9.17, 15) is 0 Å². The first-order valence-corrected chi connectivity index (χ1v) is 0.651. The van der Waals surface area contributed by atoms with E-state index in [-0.39, 0.29) is 60.1 Å². The summed E-state index contributed by atoms with van der Waals surface area (Å²) in [7, 11) is 0. The normalized spacial score (nSPS) is 4.00. The third kappa shape index (κ3) is 59.6. The molecule has 5 heteroatoms. The van der Waals surface area contributed by atoms with Gasteiger partial charge in [0.2, 0.25) is 0 Å². The van der Waals surface area contributed by atoms with Crippen molar-refractivity contribution in [1.82, 2.24) is 0 Å². The van der Waals surface area contributed by atoms with E-state index in [4.69, 9.17) is 15.0 Å². The zero-order valence-electron chi connectivity index (χ0n) is 2.25. The molecule has 0 heterocycles. The van der Waals surface area contributed by atoms with Crippen LogP contribution in [0.4, 0.5) is 4.79 Å². The summed E-state index contributed by atoms with van der Waals surface area (Å²) in [5.41, 5.74) is 0. The Hall–Kier alpha value is 1.27. The molecule has 6 heavy (non-hydrogen) atoms. The third-order valence-corrected chi connectivity index (χ3v) is 0. The molecule has 0 unspecified atom stereocenters. The molecule has 0 aliphatic heterocycles. The van der Waals surface area contributed by atoms with E-state index >= 15 is 0 Å². The van der Waals surface area contributed by atoms with Gasteiger partial charge in [0.1, 0.15) is 0 Å². The molecule has 0 aromatic carbocycles. The first kappa shape index (κ1) is 15.7. The van der Waals surface area contributed by atoms with Crippen LogP contribution in [0.3, 0.4) is 0 Å². The molecular formula is CH4CaNbO3. The van der Waals surface area contributed by atoms with Crippen molar-refractivity contribution in [2.75, 3.05) is 0 Å². The second-order valence-electron chi connectivity index (χ2n) is 0.283. The molecule has 0 aliphatic carbocycles. The Labute approximate surface area is 80.2 Å². The molecule has 0 amide bonds. The molecule has 0 atom stereocenters. The van der Waals surface area contributed by atoms with Crippen LogP contribution in [0.15, 0.2) is 0 Å². The van der Waals surface area contributed by atoms with E-state index in [0.717, 1.165) is 0 Å². The third-order valence-electron chi connectivity index (χ3n) is 0. The van der Waals surface area contributed by atoms with Crippen LogP contribution < -0.4 is 0 Å². The average Bonchev–Trinajstić information content (AvgIpc) is 0.811. The Bertz CT molecular complexity index is 33.8. The minimum absolute atomic E-state index is 0. The Morgan fingerprint density at radius 2 is 1.33 bits per heavy atom. The van der Waals surface area contributed by atoms with Crippen molar-refractivity contribution in [2.45, 2.75) is 0 Å². The summed E-state index contributed by atoms with van der Waals surface area (Å²) < 4.78 is 0. The standard InChI is InChI=1S/CH2O3.Ca.Nb.2H/c2-1(3)4;;;;/h(H2,2,3,4);;;;. The SMILES string of the molecule is O=C(O)O.[CaH2].[Nb]. The molecule has 0 saturated heterocycles. The predicted octanol–water partition coefficient (Wildman–Crippen LogP) is -0.696. The molecule has 0 bridgehead atoms. The largest absolute Gasteiger partial charge is 0 e. The molecule has 0 rings (SSSR count). The molecule has 1 radical (unpaired) electrons. The number of carboxylic acid groups (broad SMARTS) is 2. The Kier molecular flexibility index (Phi) is 25.0. The molecular weight excluding hydrogens is 193 g/mol. The zero-order valence-corrected chi connectivity index (χ0v) is 4.45. The van der Waals surface area contributed by atoms with Gasteiger partial charge in [0.15, 0.2) is 0 Å². The van der Waals surface area contributed by atoms with Crippen LogP contribution in [-0.2, 0) is 22.4 Å². The van der Waals surface area contributed by atoms with Gasteiger partial charge in [-0.05, 0) is 0 Å². The van der Waals surface area contributed by atoms with E-state index < -0.39 is 6.16 Å². The predicted molar refractivity (Wildman–Crippen MR) is 19.2 cm³/mol. The van der Waals surface area contributed by atoms with Gasteiger partial charge in [-0.1, -0.05) is 0 Å². The van der Waals surface area contributed by atoms with Crippen molar-refractivity contribution in [3.8, 4) is 0 Å². The molecule has 2 N–H and O–H groups in total. The number of hydrogen-bond donors (Lipinski definition) is 2. The number of hydrogen-bond acceptors (Lipinski definition) is 1. The molecule has 0 aromatic rings. The van der Waals surface area contributed by atoms with Crippen LogP contribution in [0.25, 0.3) is 0 Å². The van der Waals surface area contributed by atoms with E-state index in [1.807, 2.05) is 0 Å². The molecule has 0 fully saturated rings. The molecule has 0 saturated carbocycles. The van der Waals surface area contributed by atoms with Gasteiger partial charge >= 0.3 is 43.9 Å². The fourth-order valence-electron chi connectivity index (χ4n) is 0. The van der Waals surface area contributed by atoms with Crippen LogP contribution in [0.1, 0.15) is 0 Å². The van der Waals surface area contributed by atoms with E-state index in [0.29, 0.717) is 0 Å². The van der Waals surface area contributed by atoms with Gasteiger partial charge in [-0.25, -0.2) is 4.79 Å². The summed E-state index contributed by atoms with van der Waals surface area (Å²) in [6.45, 7) is 0. The van der Waals surface area contributed by atoms with Gasteiger partial charge in [-0.15, -0.1) is 0 Å². The molecule has 0 aromatic heterocycles. The maximum atomic E-state index is 8.56. The number of rotatable bonds is 0. The van der Waals surface area contributed by atoms with E-state index in [1.165, 1.54) is 0 Å². The Balaban J connectivity index is -0.0000000450. The van der Waals surface area contributed by atoms with E-state index in [1.54, 1.807) is 0 Å². The van der Waals surface area contributed by atoms with Crippen molar-refractivity contribution in [1.29, 1.82) is 0 Å². The minimum Gasteiger partial charge on any atom is 0 e. The van der Waals surface area contributed by atoms with Crippen molar-refractivity contribution < 1.29 is 37.4 Å². The van der Waals surface area contributed by atoms with Crippen molar-refractivity contribution in [3.63, 3.8) is 0 Å². The number of carbonyl (C=O) groups is 1. The monoisotopic (exact) mass is 197 g/mol. The summed E-state index contributed by atoms with van der Waals surface area (Å²) in [6.07, 6.45) is -1.83. The first-order chi connectivity index (χ1) is 1.73. The maximum Gasteiger partial charge on any atom is 0 e. The van der Waals surface area contributed by atoms with E-state index in [2.05, 4.69) is 0 Å². The first-order valence-electron chi connectivity index (χ1n) is 0.651. The van der Waals surface area contributed by atoms with Crippen molar-refractivity contribution in [2.24, 2.45) is 0 Å². The van der Waals surface area contributed by atoms with Crippen LogP contribution in [-0.4, -0.2) is 54.1 Å². The molecule has 0 aliphatic rings. The van der Waals surface area contributed by atoms with Gasteiger partial charge in [0.05, 0.1) is 0 Å². The molecule has 3 nitrogen and oxygen atoms in total. The summed E-state index contributed by atoms with van der Waals surface area (Å²) in [4.78, 5) is 8.56. The van der Waals surface area contributed by atoms with Crippen LogP contribution >= 0.6 is 0 Å². The molecule has 0 spiro atoms. The average molecular weight is 197 g/mol. The fourth-order valence-corrected chi connectivity index (χ4v) is 0. The van der Waals surface area contributed by atoms with Crippen LogP contribution in [0.2, 0.25) is 0 Å². The Morgan fingerprint density at radius 3 is 1.33 bits per heavy atom. The van der Waals surface area contributed by atoms with Gasteiger partial charge in [0.25, 0.3) is 0 Å². The Morgan fingerprint density at radius 1 is 1.33 bits per heavy atom. The van der Waals surface area contributed by atoms with Gasteiger partial charge in [0, 0.05) is 22.4 Å². The second-order valence-corrected chi connectivity index (χ2v) is 0.283. The van der Waals surface area contributed by atoms with Crippen molar-refractivity contribution in [3.05, 3.63) is 0 Å². The zero-order chi connectivity index (χ0) is 3.58. The van der Waals surface area contributed by atoms with Crippen molar-refractivity contribution >= 4 is 43.9 Å². The second kappa shape index (κ2) is 9.55. The maximum absolute atomic E-state index is 8.56. The summed E-state index contributed by atoms with van der Waals surface area (Å²) >= 11 is 0. The molecule has 33 valence electrons. The van der Waals surface area contributed by atoms with Gasteiger partial charge in [-0.2, -0.15) is 0 Å². The minimum atomic E-state index is -1.83. The summed E-state index contributed by atoms with van der Waals surface area (Å²) in [5, 5.41) is 13.9. The van der Waals surface area contributed by atoms with Gasteiger partial charge < -0.3 is 10.2 Å².